The fourth-order valence-corrected chi connectivity index (χ4v) is 7.14. The van der Waals surface area contributed by atoms with Crippen LogP contribution in [-0.4, -0.2) is 4.57 Å². The lowest BCUT2D eigenvalue weighted by Gasteiger charge is -2.29. The molecule has 0 aliphatic rings. The molecule has 0 aliphatic carbocycles. The Labute approximate surface area is 286 Å². The first-order valence-electron chi connectivity index (χ1n) is 16.7. The van der Waals surface area contributed by atoms with Gasteiger partial charge in [-0.1, -0.05) is 109 Å². The van der Waals surface area contributed by atoms with Gasteiger partial charge in [0.05, 0.1) is 16.7 Å². The molecule has 0 aliphatic heterocycles. The van der Waals surface area contributed by atoms with Gasteiger partial charge in [-0.15, -0.1) is 0 Å². The van der Waals surface area contributed by atoms with Gasteiger partial charge in [0.15, 0.2) is 0 Å². The molecule has 0 fully saturated rings. The number of fused-ring (bicyclic) bond motifs is 4. The Morgan fingerprint density at radius 2 is 0.796 bits per heavy atom. The van der Waals surface area contributed by atoms with Crippen molar-refractivity contribution in [1.82, 2.24) is 4.57 Å². The smallest absolute Gasteiger partial charge is 0.0542 e. The monoisotopic (exact) mass is 627 g/mol. The van der Waals surface area contributed by atoms with Gasteiger partial charge < -0.3 is 14.4 Å². The van der Waals surface area contributed by atoms with Crippen LogP contribution in [0.25, 0.3) is 38.3 Å². The standard InChI is InChI=1S/C46H33N3/c1-4-17-35(18-5-1)47(36-19-6-2-7-20-36)38-27-29-39(30-28-38)48(44-26-14-16-34-15-10-11-23-41(34)44)40-31-32-46-43(33-40)42-24-12-13-25-45(42)49(46)37-21-8-3-9-22-37/h1-33H. The minimum Gasteiger partial charge on any atom is -0.311 e. The van der Waals surface area contributed by atoms with E-state index in [0.29, 0.717) is 0 Å². The van der Waals surface area contributed by atoms with Crippen LogP contribution in [0, 0.1) is 0 Å². The fourth-order valence-electron chi connectivity index (χ4n) is 7.14. The number of rotatable bonds is 7. The van der Waals surface area contributed by atoms with Crippen molar-refractivity contribution < 1.29 is 0 Å². The second kappa shape index (κ2) is 12.2. The molecule has 232 valence electrons. The Morgan fingerprint density at radius 1 is 0.306 bits per heavy atom. The summed E-state index contributed by atoms with van der Waals surface area (Å²) >= 11 is 0. The molecule has 0 spiro atoms. The maximum Gasteiger partial charge on any atom is 0.0542 e. The van der Waals surface area contributed by atoms with Gasteiger partial charge in [-0.3, -0.25) is 0 Å². The lowest BCUT2D eigenvalue weighted by Crippen LogP contribution is -2.12. The maximum absolute atomic E-state index is 2.40. The van der Waals surface area contributed by atoms with Crippen LogP contribution in [0.3, 0.4) is 0 Å². The molecule has 0 saturated heterocycles. The lowest BCUT2D eigenvalue weighted by atomic mass is 10.1. The first-order valence-corrected chi connectivity index (χ1v) is 16.7. The molecule has 0 unspecified atom stereocenters. The molecule has 0 N–H and O–H groups in total. The Kier molecular flexibility index (Phi) is 7.14. The first kappa shape index (κ1) is 28.6. The highest BCUT2D eigenvalue weighted by molar-refractivity contribution is 6.11. The SMILES string of the molecule is c1ccc(N(c2ccccc2)c2ccc(N(c3ccc4c(c3)c3ccccc3n4-c3ccccc3)c3cccc4ccccc34)cc2)cc1. The molecule has 49 heavy (non-hydrogen) atoms. The third kappa shape index (κ3) is 5.09. The minimum atomic E-state index is 1.09. The van der Waals surface area contributed by atoms with E-state index in [4.69, 9.17) is 0 Å². The molecular weight excluding hydrogens is 595 g/mol. The van der Waals surface area contributed by atoms with Crippen molar-refractivity contribution >= 4 is 66.7 Å². The second-order valence-corrected chi connectivity index (χ2v) is 12.2. The van der Waals surface area contributed by atoms with E-state index in [-0.39, 0.29) is 0 Å². The van der Waals surface area contributed by atoms with Gasteiger partial charge in [0.1, 0.15) is 0 Å². The molecule has 3 nitrogen and oxygen atoms in total. The summed E-state index contributed by atoms with van der Waals surface area (Å²) < 4.78 is 2.37. The fraction of sp³-hybridized carbons (Fsp3) is 0. The number of nitrogens with zero attached hydrogens (tertiary/aromatic N) is 3. The molecule has 1 aromatic heterocycles. The average molecular weight is 628 g/mol. The van der Waals surface area contributed by atoms with Crippen LogP contribution in [0.15, 0.2) is 200 Å². The average Bonchev–Trinajstić information content (AvgIpc) is 3.51. The molecule has 8 aromatic carbocycles. The molecule has 0 radical (unpaired) electrons. The maximum atomic E-state index is 2.40. The van der Waals surface area contributed by atoms with Gasteiger partial charge >= 0.3 is 0 Å². The zero-order valence-corrected chi connectivity index (χ0v) is 26.9. The summed E-state index contributed by atoms with van der Waals surface area (Å²) in [5, 5.41) is 4.87. The topological polar surface area (TPSA) is 11.4 Å². The highest BCUT2D eigenvalue weighted by Crippen LogP contribution is 2.43. The van der Waals surface area contributed by atoms with E-state index in [1.54, 1.807) is 0 Å². The minimum absolute atomic E-state index is 1.09. The number of hydrogen-bond acceptors (Lipinski definition) is 2. The number of benzene rings is 8. The summed E-state index contributed by atoms with van der Waals surface area (Å²) in [4.78, 5) is 4.70. The largest absolute Gasteiger partial charge is 0.311 e. The lowest BCUT2D eigenvalue weighted by molar-refractivity contribution is 1.18. The Balaban J connectivity index is 1.23. The van der Waals surface area contributed by atoms with E-state index >= 15 is 0 Å². The summed E-state index contributed by atoms with van der Waals surface area (Å²) in [6, 6.07) is 71.5. The van der Waals surface area contributed by atoms with E-state index in [1.807, 2.05) is 0 Å². The molecule has 0 bridgehead atoms. The summed E-state index contributed by atoms with van der Waals surface area (Å²) in [5.41, 5.74) is 10.2. The molecule has 0 amide bonds. The van der Waals surface area contributed by atoms with E-state index < -0.39 is 0 Å². The predicted octanol–water partition coefficient (Wildman–Crippen LogP) is 12.9. The highest BCUT2D eigenvalue weighted by Gasteiger charge is 2.20. The van der Waals surface area contributed by atoms with Crippen LogP contribution in [0.2, 0.25) is 0 Å². The van der Waals surface area contributed by atoms with Crippen molar-refractivity contribution in [3.63, 3.8) is 0 Å². The summed E-state index contributed by atoms with van der Waals surface area (Å²) in [6.07, 6.45) is 0. The van der Waals surface area contributed by atoms with Crippen LogP contribution >= 0.6 is 0 Å². The van der Waals surface area contributed by atoms with Crippen molar-refractivity contribution in [2.24, 2.45) is 0 Å². The number of para-hydroxylation sites is 4. The van der Waals surface area contributed by atoms with Crippen molar-refractivity contribution in [3.05, 3.63) is 200 Å². The molecular formula is C46H33N3. The Bertz CT molecular complexity index is 2490. The van der Waals surface area contributed by atoms with Gasteiger partial charge in [-0.05, 0) is 96.4 Å². The quantitative estimate of drug-likeness (QED) is 0.174. The van der Waals surface area contributed by atoms with E-state index in [1.165, 1.54) is 32.6 Å². The van der Waals surface area contributed by atoms with Gasteiger partial charge in [0, 0.05) is 50.3 Å². The van der Waals surface area contributed by atoms with E-state index in [0.717, 1.165) is 39.8 Å². The van der Waals surface area contributed by atoms with Crippen molar-refractivity contribution in [1.29, 1.82) is 0 Å². The molecule has 0 saturated carbocycles. The third-order valence-corrected chi connectivity index (χ3v) is 9.33. The normalized spacial score (nSPS) is 11.3. The molecule has 3 heteroatoms. The van der Waals surface area contributed by atoms with Crippen LogP contribution in [0.4, 0.5) is 34.1 Å². The van der Waals surface area contributed by atoms with Gasteiger partial charge in [-0.2, -0.15) is 0 Å². The molecule has 0 atom stereocenters. The molecule has 9 rings (SSSR count). The zero-order valence-electron chi connectivity index (χ0n) is 26.9. The van der Waals surface area contributed by atoms with Gasteiger partial charge in [0.25, 0.3) is 0 Å². The summed E-state index contributed by atoms with van der Waals surface area (Å²) in [6.45, 7) is 0. The summed E-state index contributed by atoms with van der Waals surface area (Å²) in [5.74, 6) is 0. The predicted molar refractivity (Wildman–Crippen MR) is 208 cm³/mol. The van der Waals surface area contributed by atoms with Gasteiger partial charge in [0.2, 0.25) is 0 Å². The van der Waals surface area contributed by atoms with Crippen LogP contribution in [0.5, 0.6) is 0 Å². The first-order chi connectivity index (χ1) is 24.3. The summed E-state index contributed by atoms with van der Waals surface area (Å²) in [7, 11) is 0. The van der Waals surface area contributed by atoms with Crippen molar-refractivity contribution in [2.75, 3.05) is 9.80 Å². The highest BCUT2D eigenvalue weighted by atomic mass is 15.2. The van der Waals surface area contributed by atoms with Gasteiger partial charge in [-0.25, -0.2) is 0 Å². The third-order valence-electron chi connectivity index (χ3n) is 9.33. The number of hydrogen-bond donors (Lipinski definition) is 0. The number of anilines is 6. The van der Waals surface area contributed by atoms with Crippen LogP contribution in [0.1, 0.15) is 0 Å². The van der Waals surface area contributed by atoms with Crippen LogP contribution < -0.4 is 9.80 Å². The zero-order chi connectivity index (χ0) is 32.6. The molecule has 1 heterocycles. The molecule has 9 aromatic rings. The van der Waals surface area contributed by atoms with Crippen molar-refractivity contribution in [2.45, 2.75) is 0 Å². The Hall–Kier alpha value is -6.58. The van der Waals surface area contributed by atoms with Crippen molar-refractivity contribution in [3.8, 4) is 5.69 Å². The number of aromatic nitrogens is 1. The second-order valence-electron chi connectivity index (χ2n) is 12.2. The van der Waals surface area contributed by atoms with Crippen LogP contribution in [-0.2, 0) is 0 Å². The van der Waals surface area contributed by atoms with E-state index in [2.05, 4.69) is 215 Å². The Morgan fingerprint density at radius 3 is 1.49 bits per heavy atom. The van der Waals surface area contributed by atoms with E-state index in [9.17, 15) is 0 Å².